The Balaban J connectivity index is 1.84. The van der Waals surface area contributed by atoms with E-state index in [1.165, 1.54) is 29.7 Å². The molecule has 4 aromatic rings. The Labute approximate surface area is 179 Å². The van der Waals surface area contributed by atoms with E-state index in [2.05, 4.69) is 0 Å². The van der Waals surface area contributed by atoms with E-state index in [-0.39, 0.29) is 5.82 Å². The van der Waals surface area contributed by atoms with Gasteiger partial charge >= 0.3 is 0 Å². The zero-order valence-corrected chi connectivity index (χ0v) is 17.7. The molecule has 7 heteroatoms. The fourth-order valence-corrected chi connectivity index (χ4v) is 4.66. The Bertz CT molecular complexity index is 1170. The number of nitrogens with zero attached hydrogens (tertiary/aromatic N) is 1. The minimum absolute atomic E-state index is 0.300. The zero-order chi connectivity index (χ0) is 20.4. The van der Waals surface area contributed by atoms with Gasteiger partial charge in [0.05, 0.1) is 15.6 Å². The fraction of sp³-hybridized carbons (Fsp3) is 0.0455. The van der Waals surface area contributed by atoms with Gasteiger partial charge in [-0.05, 0) is 60.2 Å². The number of halogens is 2. The molecule has 1 atom stereocenters. The van der Waals surface area contributed by atoms with Gasteiger partial charge in [-0.15, -0.1) is 11.3 Å². The standard InChI is InChI=1S/C22H15ClFNO2S2/c1-29(26)27-17-12-8-15(9-13-17)21-20(14-6-10-16(24)11-7-14)25-22(28-21)18-4-2-3-5-19(18)23/h2-13H,1H3. The van der Waals surface area contributed by atoms with Crippen molar-refractivity contribution < 1.29 is 12.8 Å². The number of rotatable bonds is 5. The van der Waals surface area contributed by atoms with Crippen LogP contribution in [-0.4, -0.2) is 15.4 Å². The molecular weight excluding hydrogens is 429 g/mol. The molecule has 0 fully saturated rings. The van der Waals surface area contributed by atoms with Gasteiger partial charge in [-0.2, -0.15) is 0 Å². The maximum Gasteiger partial charge on any atom is 0.203 e. The molecule has 1 unspecified atom stereocenters. The van der Waals surface area contributed by atoms with Crippen LogP contribution in [-0.2, 0) is 11.1 Å². The highest BCUT2D eigenvalue weighted by atomic mass is 35.5. The molecule has 3 nitrogen and oxygen atoms in total. The van der Waals surface area contributed by atoms with Crippen molar-refractivity contribution >= 4 is 34.0 Å². The van der Waals surface area contributed by atoms with Gasteiger partial charge in [0, 0.05) is 17.4 Å². The largest absolute Gasteiger partial charge is 0.401 e. The van der Waals surface area contributed by atoms with Crippen LogP contribution in [0.25, 0.3) is 32.3 Å². The molecule has 0 aliphatic carbocycles. The summed E-state index contributed by atoms with van der Waals surface area (Å²) < 4.78 is 29.9. The van der Waals surface area contributed by atoms with Crippen molar-refractivity contribution in [2.24, 2.45) is 0 Å². The number of thiazole rings is 1. The van der Waals surface area contributed by atoms with Crippen LogP contribution in [0.5, 0.6) is 5.75 Å². The minimum Gasteiger partial charge on any atom is -0.401 e. The van der Waals surface area contributed by atoms with Gasteiger partial charge in [-0.25, -0.2) is 13.6 Å². The monoisotopic (exact) mass is 443 g/mol. The molecule has 1 aromatic heterocycles. The second kappa shape index (κ2) is 8.45. The van der Waals surface area contributed by atoms with E-state index >= 15 is 0 Å². The predicted molar refractivity (Wildman–Crippen MR) is 118 cm³/mol. The maximum absolute atomic E-state index is 13.4. The summed E-state index contributed by atoms with van der Waals surface area (Å²) in [6.45, 7) is 0. The van der Waals surface area contributed by atoms with Crippen LogP contribution in [0.3, 0.4) is 0 Å². The Morgan fingerprint density at radius 2 is 1.62 bits per heavy atom. The van der Waals surface area contributed by atoms with Crippen molar-refractivity contribution in [1.29, 1.82) is 0 Å². The molecule has 0 spiro atoms. The molecule has 146 valence electrons. The van der Waals surface area contributed by atoms with E-state index < -0.39 is 11.1 Å². The fourth-order valence-electron chi connectivity index (χ4n) is 2.87. The van der Waals surface area contributed by atoms with Crippen molar-refractivity contribution in [3.63, 3.8) is 0 Å². The molecule has 0 radical (unpaired) electrons. The molecular formula is C22H15ClFNO2S2. The Morgan fingerprint density at radius 1 is 0.966 bits per heavy atom. The molecule has 0 saturated heterocycles. The molecule has 1 heterocycles. The smallest absolute Gasteiger partial charge is 0.203 e. The maximum atomic E-state index is 13.4. The third-order valence-electron chi connectivity index (χ3n) is 4.18. The summed E-state index contributed by atoms with van der Waals surface area (Å²) in [4.78, 5) is 5.75. The first-order valence-electron chi connectivity index (χ1n) is 8.65. The van der Waals surface area contributed by atoms with Crippen molar-refractivity contribution in [2.45, 2.75) is 0 Å². The summed E-state index contributed by atoms with van der Waals surface area (Å²) in [6.07, 6.45) is 1.47. The quantitative estimate of drug-likeness (QED) is 0.348. The van der Waals surface area contributed by atoms with Crippen LogP contribution in [0.1, 0.15) is 0 Å². The lowest BCUT2D eigenvalue weighted by atomic mass is 10.1. The molecule has 29 heavy (non-hydrogen) atoms. The minimum atomic E-state index is -1.39. The van der Waals surface area contributed by atoms with Gasteiger partial charge in [0.25, 0.3) is 0 Å². The summed E-state index contributed by atoms with van der Waals surface area (Å²) in [6, 6.07) is 21.1. The van der Waals surface area contributed by atoms with Gasteiger partial charge in [-0.3, -0.25) is 0 Å². The van der Waals surface area contributed by atoms with Crippen LogP contribution in [0, 0.1) is 5.82 Å². The van der Waals surface area contributed by atoms with E-state index in [1.807, 2.05) is 36.4 Å². The summed E-state index contributed by atoms with van der Waals surface area (Å²) in [5.41, 5.74) is 3.33. The highest BCUT2D eigenvalue weighted by Gasteiger charge is 2.17. The van der Waals surface area contributed by atoms with Crippen LogP contribution >= 0.6 is 22.9 Å². The van der Waals surface area contributed by atoms with Gasteiger partial charge in [-0.1, -0.05) is 29.8 Å². The Morgan fingerprint density at radius 3 is 2.28 bits per heavy atom. The summed E-state index contributed by atoms with van der Waals surface area (Å²) in [7, 11) is 0. The highest BCUT2D eigenvalue weighted by Crippen LogP contribution is 2.42. The average Bonchev–Trinajstić information content (AvgIpc) is 3.14. The Kier molecular flexibility index (Phi) is 5.76. The van der Waals surface area contributed by atoms with Crippen molar-refractivity contribution in [3.8, 4) is 38.0 Å². The lowest BCUT2D eigenvalue weighted by molar-refractivity contribution is 0.568. The van der Waals surface area contributed by atoms with Gasteiger partial charge < -0.3 is 4.18 Å². The third kappa shape index (κ3) is 4.40. The second-order valence-corrected chi connectivity index (χ2v) is 8.57. The number of benzene rings is 3. The average molecular weight is 444 g/mol. The summed E-state index contributed by atoms with van der Waals surface area (Å²) in [5, 5.41) is 1.40. The zero-order valence-electron chi connectivity index (χ0n) is 15.3. The summed E-state index contributed by atoms with van der Waals surface area (Å²) in [5.74, 6) is 0.222. The highest BCUT2D eigenvalue weighted by molar-refractivity contribution is 7.79. The van der Waals surface area contributed by atoms with Crippen LogP contribution in [0.15, 0.2) is 72.8 Å². The molecule has 0 N–H and O–H groups in total. The van der Waals surface area contributed by atoms with E-state index in [4.69, 9.17) is 20.8 Å². The number of hydrogen-bond donors (Lipinski definition) is 0. The van der Waals surface area contributed by atoms with E-state index in [0.717, 1.165) is 32.3 Å². The lowest BCUT2D eigenvalue weighted by Gasteiger charge is -2.05. The number of hydrogen-bond acceptors (Lipinski definition) is 4. The van der Waals surface area contributed by atoms with Crippen LogP contribution < -0.4 is 4.18 Å². The van der Waals surface area contributed by atoms with E-state index in [0.29, 0.717) is 10.8 Å². The molecule has 0 amide bonds. The molecule has 0 bridgehead atoms. The van der Waals surface area contributed by atoms with Gasteiger partial charge in [0.1, 0.15) is 16.6 Å². The molecule has 0 saturated carbocycles. The first-order valence-corrected chi connectivity index (χ1v) is 11.3. The molecule has 0 aliphatic heterocycles. The van der Waals surface area contributed by atoms with Crippen molar-refractivity contribution in [3.05, 3.63) is 83.6 Å². The van der Waals surface area contributed by atoms with Gasteiger partial charge in [0.2, 0.25) is 11.1 Å². The Hall–Kier alpha value is -2.54. The van der Waals surface area contributed by atoms with Crippen molar-refractivity contribution in [1.82, 2.24) is 4.98 Å². The third-order valence-corrected chi connectivity index (χ3v) is 6.07. The molecule has 0 aliphatic rings. The van der Waals surface area contributed by atoms with Gasteiger partial charge in [0.15, 0.2) is 0 Å². The predicted octanol–water partition coefficient (Wildman–Crippen LogP) is 6.61. The van der Waals surface area contributed by atoms with Crippen LogP contribution in [0.2, 0.25) is 5.02 Å². The number of aromatic nitrogens is 1. The summed E-state index contributed by atoms with van der Waals surface area (Å²) >= 11 is 6.50. The second-order valence-electron chi connectivity index (χ2n) is 6.19. The van der Waals surface area contributed by atoms with E-state index in [9.17, 15) is 8.60 Å². The van der Waals surface area contributed by atoms with Crippen LogP contribution in [0.4, 0.5) is 4.39 Å². The normalized spacial score (nSPS) is 12.0. The lowest BCUT2D eigenvalue weighted by Crippen LogP contribution is -1.95. The molecule has 4 rings (SSSR count). The first kappa shape index (κ1) is 19.8. The topological polar surface area (TPSA) is 39.2 Å². The SMILES string of the molecule is CS(=O)Oc1ccc(-c2sc(-c3ccccc3Cl)nc2-c2ccc(F)cc2)cc1. The molecule has 3 aromatic carbocycles. The first-order chi connectivity index (χ1) is 14.0. The van der Waals surface area contributed by atoms with E-state index in [1.54, 1.807) is 24.3 Å². The van der Waals surface area contributed by atoms with Crippen molar-refractivity contribution in [2.75, 3.05) is 6.26 Å².